The van der Waals surface area contributed by atoms with Crippen molar-refractivity contribution in [2.24, 2.45) is 0 Å². The van der Waals surface area contributed by atoms with Crippen molar-refractivity contribution in [2.45, 2.75) is 45.1 Å². The Balaban J connectivity index is 1.85. The number of unbranched alkanes of at least 4 members (excludes halogenated alkanes) is 1. The van der Waals surface area contributed by atoms with Crippen LogP contribution in [0.1, 0.15) is 38.2 Å². The van der Waals surface area contributed by atoms with Crippen molar-refractivity contribution in [2.75, 3.05) is 18.5 Å². The van der Waals surface area contributed by atoms with E-state index in [4.69, 9.17) is 10.00 Å². The summed E-state index contributed by atoms with van der Waals surface area (Å²) >= 11 is 0. The Labute approximate surface area is 143 Å². The van der Waals surface area contributed by atoms with E-state index in [9.17, 15) is 4.79 Å². The lowest BCUT2D eigenvalue weighted by molar-refractivity contribution is -0.112. The Morgan fingerprint density at radius 2 is 2.21 bits per heavy atom. The number of ether oxygens (including phenoxy) is 1. The van der Waals surface area contributed by atoms with Crippen molar-refractivity contribution < 1.29 is 9.53 Å². The highest BCUT2D eigenvalue weighted by molar-refractivity contribution is 6.06. The van der Waals surface area contributed by atoms with Crippen LogP contribution in [0.25, 0.3) is 0 Å². The van der Waals surface area contributed by atoms with Crippen molar-refractivity contribution >= 4 is 11.6 Å². The van der Waals surface area contributed by atoms with Crippen LogP contribution in [0.3, 0.4) is 0 Å². The summed E-state index contributed by atoms with van der Waals surface area (Å²) in [5, 5.41) is 14.9. The molecule has 1 aromatic rings. The van der Waals surface area contributed by atoms with Gasteiger partial charge in [0.15, 0.2) is 0 Å². The molecule has 0 saturated carbocycles. The maximum atomic E-state index is 12.2. The predicted molar refractivity (Wildman–Crippen MR) is 94.4 cm³/mol. The molecule has 24 heavy (non-hydrogen) atoms. The molecule has 2 rings (SSSR count). The Kier molecular flexibility index (Phi) is 7.31. The highest BCUT2D eigenvalue weighted by Crippen LogP contribution is 2.13. The van der Waals surface area contributed by atoms with E-state index < -0.39 is 5.91 Å². The zero-order chi connectivity index (χ0) is 17.2. The van der Waals surface area contributed by atoms with E-state index in [-0.39, 0.29) is 11.7 Å². The highest BCUT2D eigenvalue weighted by atomic mass is 16.5. The van der Waals surface area contributed by atoms with Gasteiger partial charge in [-0.2, -0.15) is 5.26 Å². The summed E-state index contributed by atoms with van der Waals surface area (Å²) in [4.78, 5) is 12.2. The fourth-order valence-electron chi connectivity index (χ4n) is 2.58. The van der Waals surface area contributed by atoms with Gasteiger partial charge in [0, 0.05) is 25.0 Å². The van der Waals surface area contributed by atoms with Crippen LogP contribution in [0.15, 0.2) is 36.0 Å². The number of hydrogen-bond donors (Lipinski definition) is 2. The number of hydrogen-bond acceptors (Lipinski definition) is 4. The summed E-state index contributed by atoms with van der Waals surface area (Å²) in [6.07, 6.45) is 7.07. The third kappa shape index (κ3) is 5.71. The number of nitrogens with zero attached hydrogens (tertiary/aromatic N) is 1. The first kappa shape index (κ1) is 18.0. The zero-order valence-corrected chi connectivity index (χ0v) is 14.2. The second-order valence-corrected chi connectivity index (χ2v) is 5.97. The molecule has 0 aromatic heterocycles. The Morgan fingerprint density at radius 1 is 1.42 bits per heavy atom. The molecular formula is C19H25N3O2. The molecule has 1 amide bonds. The van der Waals surface area contributed by atoms with Gasteiger partial charge < -0.3 is 15.4 Å². The average Bonchev–Trinajstić information content (AvgIpc) is 3.11. The monoisotopic (exact) mass is 327 g/mol. The first-order valence-corrected chi connectivity index (χ1v) is 8.58. The van der Waals surface area contributed by atoms with E-state index in [0.717, 1.165) is 38.7 Å². The van der Waals surface area contributed by atoms with Gasteiger partial charge in [0.1, 0.15) is 11.6 Å². The predicted octanol–water partition coefficient (Wildman–Crippen LogP) is 3.14. The van der Waals surface area contributed by atoms with Crippen molar-refractivity contribution in [3.05, 3.63) is 41.6 Å². The molecule has 0 bridgehead atoms. The van der Waals surface area contributed by atoms with Gasteiger partial charge in [-0.3, -0.25) is 4.79 Å². The normalized spacial score (nSPS) is 17.3. The summed E-state index contributed by atoms with van der Waals surface area (Å²) < 4.78 is 5.49. The summed E-state index contributed by atoms with van der Waals surface area (Å²) in [5.41, 5.74) is 2.01. The number of anilines is 1. The number of benzene rings is 1. The maximum absolute atomic E-state index is 12.2. The molecule has 1 aromatic carbocycles. The van der Waals surface area contributed by atoms with E-state index in [1.807, 2.05) is 30.3 Å². The van der Waals surface area contributed by atoms with Crippen LogP contribution in [0.5, 0.6) is 0 Å². The van der Waals surface area contributed by atoms with Gasteiger partial charge in [-0.15, -0.1) is 0 Å². The molecule has 1 heterocycles. The molecule has 1 unspecified atom stereocenters. The second-order valence-electron chi connectivity index (χ2n) is 5.97. The van der Waals surface area contributed by atoms with Gasteiger partial charge in [-0.05, 0) is 43.4 Å². The molecule has 1 aliphatic rings. The van der Waals surface area contributed by atoms with Crippen LogP contribution in [0.2, 0.25) is 0 Å². The van der Waals surface area contributed by atoms with E-state index >= 15 is 0 Å². The largest absolute Gasteiger partial charge is 0.387 e. The Bertz CT molecular complexity index is 596. The standard InChI is InChI=1S/C19H25N3O2/c1-2-3-5-15-7-9-17(10-8-15)22-19(23)16(12-20)13-21-14-18-6-4-11-24-18/h7-10,13,18,21H,2-6,11,14H2,1H3,(H,22,23)/b16-13-. The molecular weight excluding hydrogens is 302 g/mol. The molecule has 0 spiro atoms. The van der Waals surface area contributed by atoms with E-state index in [0.29, 0.717) is 12.2 Å². The lowest BCUT2D eigenvalue weighted by atomic mass is 10.1. The van der Waals surface area contributed by atoms with E-state index in [1.165, 1.54) is 11.8 Å². The number of carbonyl (C=O) groups excluding carboxylic acids is 1. The van der Waals surface area contributed by atoms with Gasteiger partial charge in [0.25, 0.3) is 5.91 Å². The molecule has 1 aliphatic heterocycles. The third-order valence-electron chi connectivity index (χ3n) is 4.01. The lowest BCUT2D eigenvalue weighted by Gasteiger charge is -2.09. The molecule has 128 valence electrons. The molecule has 0 radical (unpaired) electrons. The van der Waals surface area contributed by atoms with Crippen LogP contribution in [0, 0.1) is 11.3 Å². The molecule has 5 nitrogen and oxygen atoms in total. The first-order valence-electron chi connectivity index (χ1n) is 8.58. The Hall–Kier alpha value is -2.32. The maximum Gasteiger partial charge on any atom is 0.267 e. The minimum Gasteiger partial charge on any atom is -0.387 e. The van der Waals surface area contributed by atoms with E-state index in [1.54, 1.807) is 0 Å². The SMILES string of the molecule is CCCCc1ccc(NC(=O)/C(C#N)=C\NCC2CCCO2)cc1. The molecule has 2 N–H and O–H groups in total. The third-order valence-corrected chi connectivity index (χ3v) is 4.01. The molecule has 1 saturated heterocycles. The van der Waals surface area contributed by atoms with Crippen molar-refractivity contribution in [1.82, 2.24) is 5.32 Å². The van der Waals surface area contributed by atoms with Gasteiger partial charge >= 0.3 is 0 Å². The number of nitrogens with one attached hydrogen (secondary N) is 2. The molecule has 1 fully saturated rings. The molecule has 1 atom stereocenters. The van der Waals surface area contributed by atoms with Gasteiger partial charge in [0.2, 0.25) is 0 Å². The van der Waals surface area contributed by atoms with Crippen molar-refractivity contribution in [3.8, 4) is 6.07 Å². The average molecular weight is 327 g/mol. The number of aryl methyl sites for hydroxylation is 1. The highest BCUT2D eigenvalue weighted by Gasteiger charge is 2.15. The summed E-state index contributed by atoms with van der Waals surface area (Å²) in [6, 6.07) is 9.70. The minimum atomic E-state index is -0.404. The Morgan fingerprint density at radius 3 is 2.83 bits per heavy atom. The van der Waals surface area contributed by atoms with Crippen LogP contribution >= 0.6 is 0 Å². The van der Waals surface area contributed by atoms with Crippen molar-refractivity contribution in [1.29, 1.82) is 5.26 Å². The summed E-state index contributed by atoms with van der Waals surface area (Å²) in [7, 11) is 0. The smallest absolute Gasteiger partial charge is 0.267 e. The number of carbonyl (C=O) groups is 1. The lowest BCUT2D eigenvalue weighted by Crippen LogP contribution is -2.24. The zero-order valence-electron chi connectivity index (χ0n) is 14.2. The molecule has 5 heteroatoms. The fraction of sp³-hybridized carbons (Fsp3) is 0.474. The van der Waals surface area contributed by atoms with Crippen LogP contribution in [-0.2, 0) is 16.0 Å². The topological polar surface area (TPSA) is 74.2 Å². The second kappa shape index (κ2) is 9.74. The van der Waals surface area contributed by atoms with Crippen LogP contribution in [-0.4, -0.2) is 25.2 Å². The number of nitriles is 1. The van der Waals surface area contributed by atoms with Gasteiger partial charge in [0.05, 0.1) is 6.10 Å². The summed E-state index contributed by atoms with van der Waals surface area (Å²) in [5.74, 6) is -0.404. The number of amides is 1. The first-order chi connectivity index (χ1) is 11.7. The van der Waals surface area contributed by atoms with Crippen LogP contribution < -0.4 is 10.6 Å². The minimum absolute atomic E-state index is 0.0584. The van der Waals surface area contributed by atoms with Crippen LogP contribution in [0.4, 0.5) is 5.69 Å². The summed E-state index contributed by atoms with van der Waals surface area (Å²) in [6.45, 7) is 3.57. The van der Waals surface area contributed by atoms with Gasteiger partial charge in [-0.1, -0.05) is 25.5 Å². The number of rotatable bonds is 8. The molecule has 0 aliphatic carbocycles. The van der Waals surface area contributed by atoms with Gasteiger partial charge in [-0.25, -0.2) is 0 Å². The quantitative estimate of drug-likeness (QED) is 0.568. The van der Waals surface area contributed by atoms with E-state index in [2.05, 4.69) is 17.6 Å². The van der Waals surface area contributed by atoms with Crippen molar-refractivity contribution in [3.63, 3.8) is 0 Å². The fourth-order valence-corrected chi connectivity index (χ4v) is 2.58.